The van der Waals surface area contributed by atoms with Crippen LogP contribution in [0.2, 0.25) is 0 Å². The number of nitrogens with two attached hydrogens (primary N) is 1. The summed E-state index contributed by atoms with van der Waals surface area (Å²) in [4.78, 5) is 0. The first-order chi connectivity index (χ1) is 8.58. The molecule has 90 valence electrons. The molecular weight excluding hydrogens is 236 g/mol. The monoisotopic (exact) mass is 245 g/mol. The Labute approximate surface area is 102 Å². The molecule has 0 fully saturated rings. The lowest BCUT2D eigenvalue weighted by Crippen LogP contribution is -1.97. The largest absolute Gasteiger partial charge is 0.397 e. The Balaban J connectivity index is 2.31. The summed E-state index contributed by atoms with van der Waals surface area (Å²) in [6, 6.07) is 9.67. The molecule has 0 spiro atoms. The highest BCUT2D eigenvalue weighted by molar-refractivity contribution is 5.73. The highest BCUT2D eigenvalue weighted by atomic mass is 19.1. The SMILES string of the molecule is N#Cc1ccc(Nc2cc(F)cc(F)c2)c(N)c1. The number of rotatable bonds is 2. The molecule has 3 N–H and O–H groups in total. The summed E-state index contributed by atoms with van der Waals surface area (Å²) in [5.74, 6) is -1.35. The van der Waals surface area contributed by atoms with Crippen molar-refractivity contribution in [1.82, 2.24) is 0 Å². The van der Waals surface area contributed by atoms with E-state index in [0.717, 1.165) is 18.2 Å². The number of nitriles is 1. The quantitative estimate of drug-likeness (QED) is 0.799. The van der Waals surface area contributed by atoms with Crippen LogP contribution in [-0.2, 0) is 0 Å². The second kappa shape index (κ2) is 4.72. The maximum atomic E-state index is 13.0. The number of anilines is 3. The molecule has 0 aliphatic rings. The average molecular weight is 245 g/mol. The molecule has 0 aromatic heterocycles. The number of benzene rings is 2. The summed E-state index contributed by atoms with van der Waals surface area (Å²) in [5.41, 5.74) is 7.21. The van der Waals surface area contributed by atoms with Gasteiger partial charge in [0.1, 0.15) is 11.6 Å². The standard InChI is InChI=1S/C13H9F2N3/c14-9-4-10(15)6-11(5-9)18-13-2-1-8(7-16)3-12(13)17/h1-6,18H,17H2. The van der Waals surface area contributed by atoms with Crippen molar-refractivity contribution < 1.29 is 8.78 Å². The predicted octanol–water partition coefficient (Wildman–Crippen LogP) is 3.16. The van der Waals surface area contributed by atoms with Gasteiger partial charge in [0.25, 0.3) is 0 Å². The van der Waals surface area contributed by atoms with E-state index in [1.807, 2.05) is 6.07 Å². The number of nitrogens with zero attached hydrogens (tertiary/aromatic N) is 1. The topological polar surface area (TPSA) is 61.8 Å². The van der Waals surface area contributed by atoms with E-state index in [-0.39, 0.29) is 5.69 Å². The van der Waals surface area contributed by atoms with Crippen LogP contribution in [0.5, 0.6) is 0 Å². The molecule has 0 radical (unpaired) electrons. The van der Waals surface area contributed by atoms with Gasteiger partial charge < -0.3 is 11.1 Å². The molecule has 0 aliphatic carbocycles. The van der Waals surface area contributed by atoms with E-state index in [2.05, 4.69) is 5.32 Å². The van der Waals surface area contributed by atoms with Gasteiger partial charge >= 0.3 is 0 Å². The van der Waals surface area contributed by atoms with E-state index in [4.69, 9.17) is 11.0 Å². The third-order valence-electron chi connectivity index (χ3n) is 2.32. The van der Waals surface area contributed by atoms with Crippen molar-refractivity contribution in [3.8, 4) is 6.07 Å². The van der Waals surface area contributed by atoms with Crippen LogP contribution in [0.1, 0.15) is 5.56 Å². The number of nitrogens with one attached hydrogen (secondary N) is 1. The smallest absolute Gasteiger partial charge is 0.128 e. The lowest BCUT2D eigenvalue weighted by Gasteiger charge is -2.09. The van der Waals surface area contributed by atoms with Crippen LogP contribution in [0, 0.1) is 23.0 Å². The summed E-state index contributed by atoms with van der Waals surface area (Å²) in [6.07, 6.45) is 0. The second-order valence-corrected chi connectivity index (χ2v) is 3.70. The van der Waals surface area contributed by atoms with Gasteiger partial charge in [0.15, 0.2) is 0 Å². The van der Waals surface area contributed by atoms with Crippen molar-refractivity contribution in [2.75, 3.05) is 11.1 Å². The highest BCUT2D eigenvalue weighted by Crippen LogP contribution is 2.25. The van der Waals surface area contributed by atoms with E-state index in [1.165, 1.54) is 6.07 Å². The van der Waals surface area contributed by atoms with E-state index in [9.17, 15) is 8.78 Å². The Morgan fingerprint density at radius 2 is 1.72 bits per heavy atom. The molecule has 0 amide bonds. The lowest BCUT2D eigenvalue weighted by molar-refractivity contribution is 0.584. The summed E-state index contributed by atoms with van der Waals surface area (Å²) in [5, 5.41) is 11.5. The Morgan fingerprint density at radius 3 is 2.28 bits per heavy atom. The van der Waals surface area contributed by atoms with Gasteiger partial charge in [-0.2, -0.15) is 5.26 Å². The van der Waals surface area contributed by atoms with E-state index >= 15 is 0 Å². The maximum absolute atomic E-state index is 13.0. The van der Waals surface area contributed by atoms with Gasteiger partial charge in [0.2, 0.25) is 0 Å². The molecule has 18 heavy (non-hydrogen) atoms. The Morgan fingerprint density at radius 1 is 1.06 bits per heavy atom. The van der Waals surface area contributed by atoms with Crippen LogP contribution in [0.4, 0.5) is 25.8 Å². The minimum absolute atomic E-state index is 0.254. The molecule has 0 atom stereocenters. The van der Waals surface area contributed by atoms with Gasteiger partial charge in [-0.3, -0.25) is 0 Å². The fourth-order valence-electron chi connectivity index (χ4n) is 1.53. The second-order valence-electron chi connectivity index (χ2n) is 3.70. The van der Waals surface area contributed by atoms with Crippen molar-refractivity contribution in [3.05, 3.63) is 53.6 Å². The average Bonchev–Trinajstić information content (AvgIpc) is 2.30. The number of hydrogen-bond donors (Lipinski definition) is 2. The zero-order valence-electron chi connectivity index (χ0n) is 9.24. The summed E-state index contributed by atoms with van der Waals surface area (Å²) >= 11 is 0. The van der Waals surface area contributed by atoms with Crippen molar-refractivity contribution in [1.29, 1.82) is 5.26 Å². The van der Waals surface area contributed by atoms with Crippen molar-refractivity contribution in [3.63, 3.8) is 0 Å². The molecular formula is C13H9F2N3. The molecule has 0 bridgehead atoms. The number of hydrogen-bond acceptors (Lipinski definition) is 3. The van der Waals surface area contributed by atoms with Crippen LogP contribution >= 0.6 is 0 Å². The van der Waals surface area contributed by atoms with Gasteiger partial charge in [0.05, 0.1) is 23.0 Å². The molecule has 2 rings (SSSR count). The van der Waals surface area contributed by atoms with Crippen molar-refractivity contribution in [2.24, 2.45) is 0 Å². The molecule has 2 aromatic rings. The van der Waals surface area contributed by atoms with Crippen LogP contribution in [0.15, 0.2) is 36.4 Å². The maximum Gasteiger partial charge on any atom is 0.128 e. The summed E-state index contributed by atoms with van der Waals surface area (Å²) < 4.78 is 26.0. The van der Waals surface area contributed by atoms with E-state index in [0.29, 0.717) is 16.9 Å². The van der Waals surface area contributed by atoms with Gasteiger partial charge in [-0.05, 0) is 30.3 Å². The first kappa shape index (κ1) is 11.9. The molecule has 0 unspecified atom stereocenters. The van der Waals surface area contributed by atoms with E-state index in [1.54, 1.807) is 12.1 Å². The molecule has 3 nitrogen and oxygen atoms in total. The molecule has 2 aromatic carbocycles. The lowest BCUT2D eigenvalue weighted by atomic mass is 10.2. The Kier molecular flexibility index (Phi) is 3.11. The molecule has 5 heteroatoms. The first-order valence-corrected chi connectivity index (χ1v) is 5.11. The molecule has 0 saturated carbocycles. The number of halogens is 2. The fourth-order valence-corrected chi connectivity index (χ4v) is 1.53. The van der Waals surface area contributed by atoms with Gasteiger partial charge in [0, 0.05) is 11.8 Å². The minimum Gasteiger partial charge on any atom is -0.397 e. The zero-order valence-corrected chi connectivity index (χ0v) is 9.24. The van der Waals surface area contributed by atoms with Crippen LogP contribution in [0.3, 0.4) is 0 Å². The fraction of sp³-hybridized carbons (Fsp3) is 0. The first-order valence-electron chi connectivity index (χ1n) is 5.11. The normalized spacial score (nSPS) is 9.83. The van der Waals surface area contributed by atoms with Gasteiger partial charge in [-0.15, -0.1) is 0 Å². The summed E-state index contributed by atoms with van der Waals surface area (Å²) in [7, 11) is 0. The van der Waals surface area contributed by atoms with Gasteiger partial charge in [-0.25, -0.2) is 8.78 Å². The zero-order chi connectivity index (χ0) is 13.1. The molecule has 0 aliphatic heterocycles. The van der Waals surface area contributed by atoms with Crippen LogP contribution < -0.4 is 11.1 Å². The minimum atomic E-state index is -0.676. The number of nitrogen functional groups attached to an aromatic ring is 1. The highest BCUT2D eigenvalue weighted by Gasteiger charge is 2.04. The third kappa shape index (κ3) is 2.55. The third-order valence-corrected chi connectivity index (χ3v) is 2.32. The van der Waals surface area contributed by atoms with E-state index < -0.39 is 11.6 Å². The van der Waals surface area contributed by atoms with Crippen molar-refractivity contribution >= 4 is 17.1 Å². The van der Waals surface area contributed by atoms with Crippen molar-refractivity contribution in [2.45, 2.75) is 0 Å². The van der Waals surface area contributed by atoms with Crippen LogP contribution in [0.25, 0.3) is 0 Å². The Bertz CT molecular complexity index is 612. The molecule has 0 heterocycles. The van der Waals surface area contributed by atoms with Crippen LogP contribution in [-0.4, -0.2) is 0 Å². The Hall–Kier alpha value is -2.61. The summed E-state index contributed by atoms with van der Waals surface area (Å²) in [6.45, 7) is 0. The van der Waals surface area contributed by atoms with Gasteiger partial charge in [-0.1, -0.05) is 0 Å². The molecule has 0 saturated heterocycles. The predicted molar refractivity (Wildman–Crippen MR) is 65.2 cm³/mol.